The first-order valence-electron chi connectivity index (χ1n) is 9.36. The van der Waals surface area contributed by atoms with Gasteiger partial charge < -0.3 is 14.4 Å². The molecule has 144 valence electrons. The lowest BCUT2D eigenvalue weighted by Crippen LogP contribution is -2.23. The zero-order valence-electron chi connectivity index (χ0n) is 15.4. The van der Waals surface area contributed by atoms with E-state index in [0.29, 0.717) is 34.9 Å². The first-order valence-corrected chi connectivity index (χ1v) is 9.36. The molecule has 29 heavy (non-hydrogen) atoms. The van der Waals surface area contributed by atoms with Crippen LogP contribution in [0.4, 0.5) is 0 Å². The zero-order valence-corrected chi connectivity index (χ0v) is 15.4. The summed E-state index contributed by atoms with van der Waals surface area (Å²) in [5.74, 6) is 2.25. The number of benzene rings is 2. The molecule has 4 aromatic rings. The van der Waals surface area contributed by atoms with Crippen LogP contribution in [0.25, 0.3) is 22.8 Å². The summed E-state index contributed by atoms with van der Waals surface area (Å²) < 4.78 is 10.5. The van der Waals surface area contributed by atoms with Crippen LogP contribution < -0.4 is 5.32 Å². The number of nitrogens with one attached hydrogen (secondary N) is 1. The van der Waals surface area contributed by atoms with E-state index in [1.165, 1.54) is 0 Å². The third kappa shape index (κ3) is 3.77. The van der Waals surface area contributed by atoms with Crippen LogP contribution in [0.5, 0.6) is 0 Å². The number of nitrogens with zero attached hydrogens (tertiary/aromatic N) is 4. The van der Waals surface area contributed by atoms with Crippen LogP contribution in [-0.2, 0) is 6.54 Å². The van der Waals surface area contributed by atoms with Gasteiger partial charge in [0, 0.05) is 22.6 Å². The van der Waals surface area contributed by atoms with Crippen LogP contribution in [-0.4, -0.2) is 26.2 Å². The van der Waals surface area contributed by atoms with Gasteiger partial charge in [-0.3, -0.25) is 4.79 Å². The average Bonchev–Trinajstić information content (AvgIpc) is 3.31. The number of aromatic nitrogens is 4. The fourth-order valence-electron chi connectivity index (χ4n) is 2.90. The highest BCUT2D eigenvalue weighted by Crippen LogP contribution is 2.39. The molecule has 0 spiro atoms. The summed E-state index contributed by atoms with van der Waals surface area (Å²) in [5.41, 5.74) is 2.16. The van der Waals surface area contributed by atoms with Crippen LogP contribution in [0.3, 0.4) is 0 Å². The van der Waals surface area contributed by atoms with Gasteiger partial charge in [-0.15, -0.1) is 0 Å². The number of amides is 1. The fraction of sp³-hybridized carbons (Fsp3) is 0.190. The van der Waals surface area contributed by atoms with Crippen molar-refractivity contribution in [2.45, 2.75) is 25.3 Å². The smallest absolute Gasteiger partial charge is 0.257 e. The molecule has 1 aliphatic rings. The topological polar surface area (TPSA) is 107 Å². The Labute approximate surface area is 166 Å². The number of carbonyl (C=O) groups excluding carboxylic acids is 1. The first-order chi connectivity index (χ1) is 14.3. The molecular formula is C21H17N5O3. The van der Waals surface area contributed by atoms with Crippen molar-refractivity contribution in [3.8, 4) is 22.8 Å². The standard InChI is InChI=1S/C21H17N5O3/c27-19(22-12-17-23-20(28-25-17)15-4-2-1-3-5-15)14-8-6-13(7-9-14)18-24-21(29-26-18)16-10-11-16/h1-9,16H,10-12H2,(H,22,27). The average molecular weight is 387 g/mol. The Kier molecular flexibility index (Phi) is 4.36. The van der Waals surface area contributed by atoms with Crippen LogP contribution in [0.1, 0.15) is 40.8 Å². The van der Waals surface area contributed by atoms with Crippen LogP contribution in [0, 0.1) is 0 Å². The van der Waals surface area contributed by atoms with Gasteiger partial charge in [0.15, 0.2) is 5.82 Å². The summed E-state index contributed by atoms with van der Waals surface area (Å²) >= 11 is 0. The van der Waals surface area contributed by atoms with E-state index in [2.05, 4.69) is 25.6 Å². The quantitative estimate of drug-likeness (QED) is 0.539. The minimum absolute atomic E-state index is 0.173. The zero-order chi connectivity index (χ0) is 19.6. The Hall–Kier alpha value is -3.81. The van der Waals surface area contributed by atoms with Gasteiger partial charge in [-0.25, -0.2) is 0 Å². The van der Waals surface area contributed by atoms with Gasteiger partial charge in [0.05, 0.1) is 6.54 Å². The fourth-order valence-corrected chi connectivity index (χ4v) is 2.90. The third-order valence-corrected chi connectivity index (χ3v) is 4.67. The van der Waals surface area contributed by atoms with Gasteiger partial charge in [-0.1, -0.05) is 40.6 Å². The summed E-state index contributed by atoms with van der Waals surface area (Å²) in [5, 5.41) is 10.7. The van der Waals surface area contributed by atoms with Crippen molar-refractivity contribution < 1.29 is 13.8 Å². The SMILES string of the molecule is O=C(NCc1noc(-c2ccccc2)n1)c1ccc(-c2noc(C3CC3)n2)cc1. The second-order valence-corrected chi connectivity index (χ2v) is 6.87. The molecule has 1 saturated carbocycles. The van der Waals surface area contributed by atoms with Crippen LogP contribution in [0.2, 0.25) is 0 Å². The van der Waals surface area contributed by atoms with Crippen molar-refractivity contribution in [1.29, 1.82) is 0 Å². The van der Waals surface area contributed by atoms with Gasteiger partial charge in [0.1, 0.15) is 0 Å². The highest BCUT2D eigenvalue weighted by Gasteiger charge is 2.29. The minimum Gasteiger partial charge on any atom is -0.345 e. The molecular weight excluding hydrogens is 370 g/mol. The third-order valence-electron chi connectivity index (χ3n) is 4.67. The second kappa shape index (κ2) is 7.31. The highest BCUT2D eigenvalue weighted by molar-refractivity contribution is 5.94. The molecule has 0 unspecified atom stereocenters. The Bertz CT molecular complexity index is 1130. The van der Waals surface area contributed by atoms with E-state index in [4.69, 9.17) is 9.05 Å². The van der Waals surface area contributed by atoms with Crippen molar-refractivity contribution >= 4 is 5.91 Å². The summed E-state index contributed by atoms with van der Waals surface area (Å²) in [7, 11) is 0. The normalized spacial score (nSPS) is 13.4. The van der Waals surface area contributed by atoms with E-state index >= 15 is 0 Å². The molecule has 2 heterocycles. The molecule has 8 heteroatoms. The minimum atomic E-state index is -0.227. The van der Waals surface area contributed by atoms with Crippen LogP contribution in [0.15, 0.2) is 63.6 Å². The maximum Gasteiger partial charge on any atom is 0.257 e. The van der Waals surface area contributed by atoms with Gasteiger partial charge in [-0.05, 0) is 37.1 Å². The molecule has 0 aliphatic heterocycles. The van der Waals surface area contributed by atoms with Crippen molar-refractivity contribution in [3.63, 3.8) is 0 Å². The van der Waals surface area contributed by atoms with Crippen molar-refractivity contribution in [3.05, 3.63) is 71.9 Å². The van der Waals surface area contributed by atoms with E-state index in [-0.39, 0.29) is 12.5 Å². The molecule has 8 nitrogen and oxygen atoms in total. The van der Waals surface area contributed by atoms with Crippen LogP contribution >= 0.6 is 0 Å². The Morgan fingerprint density at radius 1 is 0.931 bits per heavy atom. The second-order valence-electron chi connectivity index (χ2n) is 6.87. The largest absolute Gasteiger partial charge is 0.345 e. The van der Waals surface area contributed by atoms with Gasteiger partial charge in [0.25, 0.3) is 11.8 Å². The Morgan fingerprint density at radius 2 is 1.72 bits per heavy atom. The molecule has 0 atom stereocenters. The molecule has 2 aromatic carbocycles. The maximum atomic E-state index is 12.4. The molecule has 2 aromatic heterocycles. The van der Waals surface area contributed by atoms with E-state index in [1.54, 1.807) is 24.3 Å². The molecule has 0 radical (unpaired) electrons. The van der Waals surface area contributed by atoms with Gasteiger partial charge in [-0.2, -0.15) is 9.97 Å². The molecule has 0 saturated heterocycles. The van der Waals surface area contributed by atoms with E-state index in [9.17, 15) is 4.79 Å². The molecule has 1 amide bonds. The van der Waals surface area contributed by atoms with Gasteiger partial charge in [0.2, 0.25) is 11.7 Å². The summed E-state index contributed by atoms with van der Waals surface area (Å²) in [6.45, 7) is 0.173. The van der Waals surface area contributed by atoms with E-state index in [1.807, 2.05) is 30.3 Å². The summed E-state index contributed by atoms with van der Waals surface area (Å²) in [4.78, 5) is 21.1. The monoisotopic (exact) mass is 387 g/mol. The number of hydrogen-bond acceptors (Lipinski definition) is 7. The molecule has 1 N–H and O–H groups in total. The van der Waals surface area contributed by atoms with Crippen molar-refractivity contribution in [1.82, 2.24) is 25.6 Å². The number of hydrogen-bond donors (Lipinski definition) is 1. The number of carbonyl (C=O) groups is 1. The molecule has 1 fully saturated rings. The van der Waals surface area contributed by atoms with Crippen molar-refractivity contribution in [2.75, 3.05) is 0 Å². The van der Waals surface area contributed by atoms with Gasteiger partial charge >= 0.3 is 0 Å². The number of rotatable bonds is 6. The Morgan fingerprint density at radius 3 is 2.48 bits per heavy atom. The molecule has 5 rings (SSSR count). The molecule has 1 aliphatic carbocycles. The summed E-state index contributed by atoms with van der Waals surface area (Å²) in [6.07, 6.45) is 2.21. The predicted molar refractivity (Wildman–Crippen MR) is 103 cm³/mol. The Balaban J connectivity index is 1.21. The molecule has 0 bridgehead atoms. The lowest BCUT2D eigenvalue weighted by Gasteiger charge is -2.03. The first kappa shape index (κ1) is 17.3. The lowest BCUT2D eigenvalue weighted by molar-refractivity contribution is 0.0949. The van der Waals surface area contributed by atoms with E-state index < -0.39 is 0 Å². The highest BCUT2D eigenvalue weighted by atomic mass is 16.5. The lowest BCUT2D eigenvalue weighted by atomic mass is 10.1. The summed E-state index contributed by atoms with van der Waals surface area (Å²) in [6, 6.07) is 16.5. The predicted octanol–water partition coefficient (Wildman–Crippen LogP) is 3.59. The van der Waals surface area contributed by atoms with Crippen molar-refractivity contribution in [2.24, 2.45) is 0 Å². The maximum absolute atomic E-state index is 12.4. The van der Waals surface area contributed by atoms with E-state index in [0.717, 1.165) is 24.0 Å².